The number of ether oxygens (including phenoxy) is 1. The molecule has 0 spiro atoms. The summed E-state index contributed by atoms with van der Waals surface area (Å²) < 4.78 is 4.91. The van der Waals surface area contributed by atoms with E-state index in [0.717, 1.165) is 50.7 Å². The number of hydrogen-bond acceptors (Lipinski definition) is 6. The summed E-state index contributed by atoms with van der Waals surface area (Å²) in [7, 11) is 0. The van der Waals surface area contributed by atoms with Crippen LogP contribution in [0, 0.1) is 0 Å². The molecule has 1 unspecified atom stereocenters. The van der Waals surface area contributed by atoms with E-state index in [-0.39, 0.29) is 43.9 Å². The number of allylic oxidation sites excluding steroid dienone is 2. The Kier molecular flexibility index (Phi) is 13.7. The highest BCUT2D eigenvalue weighted by Gasteiger charge is 2.37. The van der Waals surface area contributed by atoms with Crippen LogP contribution in [0.25, 0.3) is 0 Å². The Bertz CT molecular complexity index is 874. The number of urea groups is 1. The third kappa shape index (κ3) is 9.99. The molecule has 0 saturated carbocycles. The van der Waals surface area contributed by atoms with Crippen LogP contribution in [0.1, 0.15) is 25.3 Å². The van der Waals surface area contributed by atoms with Crippen LogP contribution in [0.3, 0.4) is 0 Å². The van der Waals surface area contributed by atoms with Gasteiger partial charge in [-0.05, 0) is 49.7 Å². The average molecular weight is 550 g/mol. The summed E-state index contributed by atoms with van der Waals surface area (Å²) in [5, 5.41) is 16.7. The second-order valence-corrected chi connectivity index (χ2v) is 8.79. The zero-order valence-electron chi connectivity index (χ0n) is 19.9. The van der Waals surface area contributed by atoms with Crippen molar-refractivity contribution in [1.82, 2.24) is 20.4 Å². The molecule has 3 N–H and O–H groups in total. The molecule has 1 saturated heterocycles. The second-order valence-electron chi connectivity index (χ2n) is 8.35. The molecule has 3 rings (SSSR count). The summed E-state index contributed by atoms with van der Waals surface area (Å²) >= 11 is 5.95. The lowest BCUT2D eigenvalue weighted by Crippen LogP contribution is -2.46. The molecule has 0 radical (unpaired) electrons. The molecule has 0 bridgehead atoms. The zero-order chi connectivity index (χ0) is 23.7. The van der Waals surface area contributed by atoms with Crippen molar-refractivity contribution < 1.29 is 19.4 Å². The van der Waals surface area contributed by atoms with Gasteiger partial charge in [0.2, 0.25) is 0 Å². The molecule has 2 amide bonds. The molecule has 35 heavy (non-hydrogen) atoms. The first-order chi connectivity index (χ1) is 15.9. The lowest BCUT2D eigenvalue weighted by molar-refractivity contribution is -0.160. The van der Waals surface area contributed by atoms with Crippen LogP contribution < -0.4 is 10.6 Å². The van der Waals surface area contributed by atoms with Gasteiger partial charge in [-0.2, -0.15) is 0 Å². The SMILES string of the molecule is CCOC(=O)C1(O)C=CC=C(NC(=O)NCCCN2CCN(Cc3ccc(Cl)cc3)CC2)C1.Cl.Cl. The number of rotatable bonds is 9. The number of piperazine rings is 1. The van der Waals surface area contributed by atoms with Crippen LogP contribution in [0.2, 0.25) is 5.02 Å². The maximum absolute atomic E-state index is 12.2. The number of amides is 2. The molecule has 1 aromatic rings. The van der Waals surface area contributed by atoms with Crippen molar-refractivity contribution >= 4 is 48.4 Å². The minimum absolute atomic E-state index is 0. The zero-order valence-corrected chi connectivity index (χ0v) is 22.3. The summed E-state index contributed by atoms with van der Waals surface area (Å²) in [5.74, 6) is -0.720. The second kappa shape index (κ2) is 15.3. The minimum atomic E-state index is -1.75. The molecule has 1 fully saturated rings. The Morgan fingerprint density at radius 2 is 1.77 bits per heavy atom. The topological polar surface area (TPSA) is 94.1 Å². The van der Waals surface area contributed by atoms with Crippen molar-refractivity contribution in [3.63, 3.8) is 0 Å². The van der Waals surface area contributed by atoms with Gasteiger partial charge in [-0.25, -0.2) is 9.59 Å². The van der Waals surface area contributed by atoms with Gasteiger partial charge >= 0.3 is 12.0 Å². The third-order valence-corrected chi connectivity index (χ3v) is 6.01. The number of carbonyl (C=O) groups is 2. The minimum Gasteiger partial charge on any atom is -0.464 e. The average Bonchev–Trinajstić information content (AvgIpc) is 2.79. The molecular formula is C24H35Cl3N4O4. The normalized spacial score (nSPS) is 20.1. The maximum Gasteiger partial charge on any atom is 0.342 e. The van der Waals surface area contributed by atoms with Crippen molar-refractivity contribution in [2.45, 2.75) is 31.9 Å². The van der Waals surface area contributed by atoms with E-state index in [1.807, 2.05) is 12.1 Å². The van der Waals surface area contributed by atoms with Gasteiger partial charge in [0.25, 0.3) is 0 Å². The summed E-state index contributed by atoms with van der Waals surface area (Å²) in [5.41, 5.74) is -0.0158. The predicted molar refractivity (Wildman–Crippen MR) is 142 cm³/mol. The molecule has 1 aromatic carbocycles. The van der Waals surface area contributed by atoms with Crippen molar-refractivity contribution in [2.24, 2.45) is 0 Å². The third-order valence-electron chi connectivity index (χ3n) is 5.75. The van der Waals surface area contributed by atoms with Crippen LogP contribution >= 0.6 is 36.4 Å². The fourth-order valence-corrected chi connectivity index (χ4v) is 4.05. The number of esters is 1. The quantitative estimate of drug-likeness (QED) is 0.324. The molecule has 0 aromatic heterocycles. The molecular weight excluding hydrogens is 515 g/mol. The first kappa shape index (κ1) is 31.2. The predicted octanol–water partition coefficient (Wildman–Crippen LogP) is 3.13. The Labute approximate surface area is 224 Å². The van der Waals surface area contributed by atoms with Gasteiger partial charge in [0.1, 0.15) is 0 Å². The standard InChI is InChI=1S/C24H33ClN4O4.2ClH/c1-2-33-22(30)24(32)10-3-5-21(17-24)27-23(31)26-11-4-12-28-13-15-29(16-14-28)18-19-6-8-20(25)9-7-19;;/h3,5-10,32H,2,4,11-18H2,1H3,(H2,26,27,31);2*1H. The maximum atomic E-state index is 12.2. The van der Waals surface area contributed by atoms with Gasteiger partial charge in [-0.15, -0.1) is 24.8 Å². The lowest BCUT2D eigenvalue weighted by atomic mass is 9.93. The molecule has 2 aliphatic rings. The number of benzene rings is 1. The number of aliphatic hydroxyl groups is 1. The largest absolute Gasteiger partial charge is 0.464 e. The van der Waals surface area contributed by atoms with E-state index in [0.29, 0.717) is 12.2 Å². The summed E-state index contributed by atoms with van der Waals surface area (Å²) in [6, 6.07) is 7.65. The fraction of sp³-hybridized carbons (Fsp3) is 0.500. The van der Waals surface area contributed by atoms with Crippen molar-refractivity contribution in [1.29, 1.82) is 0 Å². The van der Waals surface area contributed by atoms with Gasteiger partial charge < -0.3 is 25.4 Å². The monoisotopic (exact) mass is 548 g/mol. The highest BCUT2D eigenvalue weighted by molar-refractivity contribution is 6.30. The van der Waals surface area contributed by atoms with Crippen LogP contribution in [0.5, 0.6) is 0 Å². The number of halogens is 3. The highest BCUT2D eigenvalue weighted by atomic mass is 35.5. The van der Waals surface area contributed by atoms with Crippen LogP contribution in [0.15, 0.2) is 48.2 Å². The van der Waals surface area contributed by atoms with Crippen molar-refractivity contribution in [3.8, 4) is 0 Å². The van der Waals surface area contributed by atoms with Crippen LogP contribution in [-0.2, 0) is 16.1 Å². The van der Waals surface area contributed by atoms with Crippen molar-refractivity contribution in [2.75, 3.05) is 45.9 Å². The lowest BCUT2D eigenvalue weighted by Gasteiger charge is -2.34. The molecule has 1 aliphatic carbocycles. The first-order valence-electron chi connectivity index (χ1n) is 11.4. The number of nitrogens with zero attached hydrogens (tertiary/aromatic N) is 2. The van der Waals surface area contributed by atoms with Gasteiger partial charge in [-0.1, -0.05) is 29.8 Å². The Morgan fingerprint density at radius 1 is 1.11 bits per heavy atom. The first-order valence-corrected chi connectivity index (χ1v) is 11.8. The number of hydrogen-bond donors (Lipinski definition) is 3. The van der Waals surface area contributed by atoms with Gasteiger partial charge in [0.05, 0.1) is 6.61 Å². The number of carbonyl (C=O) groups excluding carboxylic acids is 2. The highest BCUT2D eigenvalue weighted by Crippen LogP contribution is 2.23. The van der Waals surface area contributed by atoms with E-state index in [4.69, 9.17) is 16.3 Å². The summed E-state index contributed by atoms with van der Waals surface area (Å²) in [4.78, 5) is 29.0. The van der Waals surface area contributed by atoms with Gasteiger partial charge in [0.15, 0.2) is 5.60 Å². The van der Waals surface area contributed by atoms with E-state index in [9.17, 15) is 14.7 Å². The van der Waals surface area contributed by atoms with E-state index in [1.165, 1.54) is 11.6 Å². The van der Waals surface area contributed by atoms with E-state index >= 15 is 0 Å². The Balaban J connectivity index is 0.00000306. The van der Waals surface area contributed by atoms with Crippen LogP contribution in [-0.4, -0.2) is 78.4 Å². The molecule has 8 nitrogen and oxygen atoms in total. The van der Waals surface area contributed by atoms with E-state index < -0.39 is 11.6 Å². The smallest absolute Gasteiger partial charge is 0.342 e. The molecule has 1 aliphatic heterocycles. The van der Waals surface area contributed by atoms with E-state index in [2.05, 4.69) is 32.6 Å². The summed E-state index contributed by atoms with van der Waals surface area (Å²) in [6.45, 7) is 8.30. The summed E-state index contributed by atoms with van der Waals surface area (Å²) in [6.07, 6.45) is 5.40. The molecule has 11 heteroatoms. The Morgan fingerprint density at radius 3 is 2.43 bits per heavy atom. The molecule has 1 heterocycles. The van der Waals surface area contributed by atoms with Crippen molar-refractivity contribution in [3.05, 3.63) is 58.8 Å². The van der Waals surface area contributed by atoms with Crippen LogP contribution in [0.4, 0.5) is 4.79 Å². The fourth-order valence-electron chi connectivity index (χ4n) is 3.93. The number of nitrogens with one attached hydrogen (secondary N) is 2. The molecule has 1 atom stereocenters. The van der Waals surface area contributed by atoms with Gasteiger partial charge in [-0.3, -0.25) is 4.90 Å². The van der Waals surface area contributed by atoms with E-state index in [1.54, 1.807) is 19.1 Å². The van der Waals surface area contributed by atoms with Gasteiger partial charge in [0, 0.05) is 56.4 Å². The Hall–Kier alpha value is -1.81. The molecule has 196 valence electrons.